The van der Waals surface area contributed by atoms with E-state index in [2.05, 4.69) is 21.8 Å². The van der Waals surface area contributed by atoms with E-state index in [0.717, 1.165) is 29.1 Å². The third-order valence-electron chi connectivity index (χ3n) is 5.00. The molecule has 1 amide bonds. The van der Waals surface area contributed by atoms with Gasteiger partial charge in [-0.15, -0.1) is 0 Å². The zero-order chi connectivity index (χ0) is 19.3. The quantitative estimate of drug-likeness (QED) is 0.717. The fraction of sp³-hybridized carbons (Fsp3) is 0.273. The molecular formula is C22H24N4O2. The second-order valence-corrected chi connectivity index (χ2v) is 6.86. The molecule has 6 nitrogen and oxygen atoms in total. The number of amides is 1. The number of carbonyl (C=O) groups excluding carboxylic acids is 1. The Kier molecular flexibility index (Phi) is 5.39. The van der Waals surface area contributed by atoms with Crippen molar-refractivity contribution in [2.24, 2.45) is 5.73 Å². The Hall–Kier alpha value is -3.12. The van der Waals surface area contributed by atoms with Crippen LogP contribution in [0.25, 0.3) is 0 Å². The third-order valence-corrected chi connectivity index (χ3v) is 5.00. The number of fused-ring (bicyclic) bond motifs is 1. The molecule has 144 valence electrons. The number of ether oxygens (including phenoxy) is 1. The van der Waals surface area contributed by atoms with E-state index in [4.69, 9.17) is 10.5 Å². The topological polar surface area (TPSA) is 73.4 Å². The van der Waals surface area contributed by atoms with Gasteiger partial charge in [0, 0.05) is 43.9 Å². The molecular weight excluding hydrogens is 352 g/mol. The first kappa shape index (κ1) is 18.3. The molecule has 0 unspecified atom stereocenters. The SMILES string of the molecule is NCCOc1cccc(CC(=O)N2CCn3cccc3[C@@H]2c2cccnc2)c1. The molecule has 0 aliphatic carbocycles. The predicted molar refractivity (Wildman–Crippen MR) is 107 cm³/mol. The summed E-state index contributed by atoms with van der Waals surface area (Å²) in [5.74, 6) is 0.837. The second-order valence-electron chi connectivity index (χ2n) is 6.86. The molecule has 28 heavy (non-hydrogen) atoms. The highest BCUT2D eigenvalue weighted by Gasteiger charge is 2.32. The summed E-state index contributed by atoms with van der Waals surface area (Å²) in [5.41, 5.74) is 8.58. The van der Waals surface area contributed by atoms with Crippen molar-refractivity contribution >= 4 is 5.91 Å². The molecule has 0 spiro atoms. The summed E-state index contributed by atoms with van der Waals surface area (Å²) in [6.07, 6.45) is 6.00. The van der Waals surface area contributed by atoms with Crippen LogP contribution in [0.4, 0.5) is 0 Å². The van der Waals surface area contributed by atoms with Gasteiger partial charge in [-0.25, -0.2) is 0 Å². The average Bonchev–Trinajstić information content (AvgIpc) is 3.21. The molecule has 3 aromatic rings. The monoisotopic (exact) mass is 376 g/mol. The van der Waals surface area contributed by atoms with Crippen LogP contribution in [-0.4, -0.2) is 40.1 Å². The molecule has 4 rings (SSSR count). The lowest BCUT2D eigenvalue weighted by Gasteiger charge is -2.37. The van der Waals surface area contributed by atoms with Crippen molar-refractivity contribution in [2.75, 3.05) is 19.7 Å². The van der Waals surface area contributed by atoms with Crippen LogP contribution < -0.4 is 10.5 Å². The lowest BCUT2D eigenvalue weighted by molar-refractivity contribution is -0.133. The van der Waals surface area contributed by atoms with Crippen molar-refractivity contribution in [3.8, 4) is 5.75 Å². The van der Waals surface area contributed by atoms with Crippen LogP contribution in [0.3, 0.4) is 0 Å². The summed E-state index contributed by atoms with van der Waals surface area (Å²) in [6, 6.07) is 15.6. The number of benzene rings is 1. The van der Waals surface area contributed by atoms with E-state index in [-0.39, 0.29) is 11.9 Å². The summed E-state index contributed by atoms with van der Waals surface area (Å²) in [5, 5.41) is 0. The summed E-state index contributed by atoms with van der Waals surface area (Å²) in [7, 11) is 0. The minimum Gasteiger partial charge on any atom is -0.492 e. The normalized spacial score (nSPS) is 15.9. The number of hydrogen-bond donors (Lipinski definition) is 1. The van der Waals surface area contributed by atoms with Gasteiger partial charge in [-0.1, -0.05) is 18.2 Å². The number of carbonyl (C=O) groups is 1. The van der Waals surface area contributed by atoms with Crippen molar-refractivity contribution in [3.05, 3.63) is 83.9 Å². The van der Waals surface area contributed by atoms with Crippen molar-refractivity contribution in [1.82, 2.24) is 14.5 Å². The minimum atomic E-state index is -0.123. The maximum atomic E-state index is 13.2. The fourth-order valence-electron chi connectivity index (χ4n) is 3.74. The molecule has 1 aromatic carbocycles. The molecule has 6 heteroatoms. The molecule has 2 aromatic heterocycles. The van der Waals surface area contributed by atoms with Gasteiger partial charge in [0.1, 0.15) is 12.4 Å². The van der Waals surface area contributed by atoms with Gasteiger partial charge < -0.3 is 19.9 Å². The Balaban J connectivity index is 1.58. The molecule has 0 radical (unpaired) electrons. The molecule has 0 fully saturated rings. The highest BCUT2D eigenvalue weighted by molar-refractivity contribution is 5.80. The van der Waals surface area contributed by atoms with Gasteiger partial charge in [0.15, 0.2) is 0 Å². The van der Waals surface area contributed by atoms with E-state index < -0.39 is 0 Å². The van der Waals surface area contributed by atoms with Crippen molar-refractivity contribution < 1.29 is 9.53 Å². The first-order chi connectivity index (χ1) is 13.8. The number of hydrogen-bond acceptors (Lipinski definition) is 4. The van der Waals surface area contributed by atoms with Crippen LogP contribution in [0, 0.1) is 0 Å². The highest BCUT2D eigenvalue weighted by atomic mass is 16.5. The first-order valence-corrected chi connectivity index (χ1v) is 9.52. The van der Waals surface area contributed by atoms with Crippen LogP contribution in [0.15, 0.2) is 67.1 Å². The second kappa shape index (κ2) is 8.27. The Morgan fingerprint density at radius 2 is 2.11 bits per heavy atom. The number of pyridine rings is 1. The van der Waals surface area contributed by atoms with Crippen LogP contribution in [0.5, 0.6) is 5.75 Å². The summed E-state index contributed by atoms with van der Waals surface area (Å²) in [6.45, 7) is 2.39. The van der Waals surface area contributed by atoms with Gasteiger partial charge in [-0.05, 0) is 41.5 Å². The maximum Gasteiger partial charge on any atom is 0.227 e. The molecule has 3 heterocycles. The number of nitrogens with zero attached hydrogens (tertiary/aromatic N) is 3. The van der Waals surface area contributed by atoms with E-state index in [9.17, 15) is 4.79 Å². The molecule has 1 aliphatic rings. The van der Waals surface area contributed by atoms with Crippen molar-refractivity contribution in [3.63, 3.8) is 0 Å². The number of rotatable bonds is 6. The predicted octanol–water partition coefficient (Wildman–Crippen LogP) is 2.39. The summed E-state index contributed by atoms with van der Waals surface area (Å²) < 4.78 is 7.80. The average molecular weight is 376 g/mol. The van der Waals surface area contributed by atoms with Gasteiger partial charge in [0.25, 0.3) is 0 Å². The lowest BCUT2D eigenvalue weighted by atomic mass is 10.0. The first-order valence-electron chi connectivity index (χ1n) is 9.52. The highest BCUT2D eigenvalue weighted by Crippen LogP contribution is 2.32. The Morgan fingerprint density at radius 1 is 1.18 bits per heavy atom. The summed E-state index contributed by atoms with van der Waals surface area (Å²) in [4.78, 5) is 19.5. The number of nitrogens with two attached hydrogens (primary N) is 1. The Labute approximate surface area is 164 Å². The van der Waals surface area contributed by atoms with E-state index >= 15 is 0 Å². The maximum absolute atomic E-state index is 13.2. The standard InChI is InChI=1S/C22H24N4O2/c23-8-13-28-19-6-1-4-17(14-19)15-21(27)26-12-11-25-10-3-7-20(25)22(26)18-5-2-9-24-16-18/h1-7,9-10,14,16,22H,8,11-13,15,23H2/t22-/m0/s1. The largest absolute Gasteiger partial charge is 0.492 e. The third kappa shape index (κ3) is 3.77. The zero-order valence-corrected chi connectivity index (χ0v) is 15.7. The van der Waals surface area contributed by atoms with E-state index in [0.29, 0.717) is 26.1 Å². The van der Waals surface area contributed by atoms with Crippen molar-refractivity contribution in [2.45, 2.75) is 19.0 Å². The lowest BCUT2D eigenvalue weighted by Crippen LogP contribution is -2.43. The molecule has 2 N–H and O–H groups in total. The van der Waals surface area contributed by atoms with Crippen molar-refractivity contribution in [1.29, 1.82) is 0 Å². The smallest absolute Gasteiger partial charge is 0.227 e. The van der Waals surface area contributed by atoms with Gasteiger partial charge in [-0.3, -0.25) is 9.78 Å². The van der Waals surface area contributed by atoms with E-state index in [1.807, 2.05) is 53.6 Å². The van der Waals surface area contributed by atoms with Gasteiger partial charge >= 0.3 is 0 Å². The van der Waals surface area contributed by atoms with Crippen LogP contribution in [-0.2, 0) is 17.8 Å². The number of aromatic nitrogens is 2. The summed E-state index contributed by atoms with van der Waals surface area (Å²) >= 11 is 0. The molecule has 1 atom stereocenters. The van der Waals surface area contributed by atoms with Crippen LogP contribution in [0.1, 0.15) is 22.9 Å². The molecule has 0 saturated heterocycles. The van der Waals surface area contributed by atoms with Crippen LogP contribution >= 0.6 is 0 Å². The minimum absolute atomic E-state index is 0.0947. The fourth-order valence-corrected chi connectivity index (χ4v) is 3.74. The van der Waals surface area contributed by atoms with Gasteiger partial charge in [0.2, 0.25) is 5.91 Å². The molecule has 1 aliphatic heterocycles. The van der Waals surface area contributed by atoms with Gasteiger partial charge in [-0.2, -0.15) is 0 Å². The Bertz CT molecular complexity index is 938. The van der Waals surface area contributed by atoms with Crippen LogP contribution in [0.2, 0.25) is 0 Å². The zero-order valence-electron chi connectivity index (χ0n) is 15.7. The van der Waals surface area contributed by atoms with E-state index in [1.165, 1.54) is 0 Å². The molecule has 0 bridgehead atoms. The molecule has 0 saturated carbocycles. The van der Waals surface area contributed by atoms with Gasteiger partial charge in [0.05, 0.1) is 12.5 Å². The van der Waals surface area contributed by atoms with E-state index in [1.54, 1.807) is 6.20 Å². The Morgan fingerprint density at radius 3 is 2.93 bits per heavy atom.